The molecule has 5 nitrogen and oxygen atoms in total. The summed E-state index contributed by atoms with van der Waals surface area (Å²) in [6, 6.07) is 0.102. The number of nitrogens with two attached hydrogens (primary N) is 1. The molecule has 0 aromatic carbocycles. The maximum atomic E-state index is 12.3. The molecule has 0 aromatic rings. The van der Waals surface area contributed by atoms with Gasteiger partial charge in [0.15, 0.2) is 0 Å². The van der Waals surface area contributed by atoms with Gasteiger partial charge in [-0.25, -0.2) is 0 Å². The van der Waals surface area contributed by atoms with Gasteiger partial charge in [0.2, 0.25) is 11.8 Å². The van der Waals surface area contributed by atoms with Crippen LogP contribution in [0.3, 0.4) is 0 Å². The highest BCUT2D eigenvalue weighted by Gasteiger charge is 2.27. The van der Waals surface area contributed by atoms with Crippen molar-refractivity contribution >= 4 is 11.8 Å². The molecular formula is C18H35N3O2. The van der Waals surface area contributed by atoms with Gasteiger partial charge >= 0.3 is 0 Å². The summed E-state index contributed by atoms with van der Waals surface area (Å²) >= 11 is 0. The highest BCUT2D eigenvalue weighted by atomic mass is 16.2. The van der Waals surface area contributed by atoms with E-state index in [4.69, 9.17) is 5.73 Å². The van der Waals surface area contributed by atoms with Gasteiger partial charge in [-0.15, -0.1) is 0 Å². The smallest absolute Gasteiger partial charge is 0.222 e. The third-order valence-electron chi connectivity index (χ3n) is 4.57. The minimum atomic E-state index is 0.0871. The van der Waals surface area contributed by atoms with Crippen molar-refractivity contribution in [2.75, 3.05) is 19.6 Å². The Hall–Kier alpha value is -1.10. The van der Waals surface area contributed by atoms with Crippen LogP contribution in [0.5, 0.6) is 0 Å². The van der Waals surface area contributed by atoms with E-state index >= 15 is 0 Å². The largest absolute Gasteiger partial charge is 0.356 e. The van der Waals surface area contributed by atoms with Gasteiger partial charge in [-0.2, -0.15) is 0 Å². The molecule has 1 heterocycles. The second kappa shape index (κ2) is 12.3. The number of hydrogen-bond acceptors (Lipinski definition) is 3. The van der Waals surface area contributed by atoms with Gasteiger partial charge in [0.1, 0.15) is 0 Å². The summed E-state index contributed by atoms with van der Waals surface area (Å²) in [5.41, 5.74) is 5.46. The minimum absolute atomic E-state index is 0.0871. The van der Waals surface area contributed by atoms with Crippen molar-refractivity contribution in [3.05, 3.63) is 0 Å². The Kier molecular flexibility index (Phi) is 10.7. The zero-order valence-electron chi connectivity index (χ0n) is 14.8. The quantitative estimate of drug-likeness (QED) is 0.573. The van der Waals surface area contributed by atoms with Crippen molar-refractivity contribution in [3.8, 4) is 0 Å². The molecule has 0 saturated carbocycles. The van der Waals surface area contributed by atoms with Crippen molar-refractivity contribution in [1.29, 1.82) is 0 Å². The monoisotopic (exact) mass is 325 g/mol. The van der Waals surface area contributed by atoms with Crippen LogP contribution in [0.15, 0.2) is 0 Å². The van der Waals surface area contributed by atoms with Crippen LogP contribution in [-0.4, -0.2) is 42.4 Å². The molecule has 0 spiro atoms. The highest BCUT2D eigenvalue weighted by Crippen LogP contribution is 2.21. The maximum Gasteiger partial charge on any atom is 0.222 e. The lowest BCUT2D eigenvalue weighted by atomic mass is 9.98. The third-order valence-corrected chi connectivity index (χ3v) is 4.57. The lowest BCUT2D eigenvalue weighted by Crippen LogP contribution is -2.46. The van der Waals surface area contributed by atoms with Crippen molar-refractivity contribution in [3.63, 3.8) is 0 Å². The molecule has 1 aliphatic rings. The van der Waals surface area contributed by atoms with Crippen molar-refractivity contribution in [2.45, 2.75) is 83.6 Å². The molecule has 1 saturated heterocycles. The summed E-state index contributed by atoms with van der Waals surface area (Å²) in [6.45, 7) is 4.40. The molecule has 1 rings (SSSR count). The Morgan fingerprint density at radius 2 is 1.91 bits per heavy atom. The molecule has 0 bridgehead atoms. The van der Waals surface area contributed by atoms with E-state index in [1.54, 1.807) is 0 Å². The number of amides is 2. The van der Waals surface area contributed by atoms with Crippen LogP contribution in [0.4, 0.5) is 0 Å². The van der Waals surface area contributed by atoms with Crippen molar-refractivity contribution in [2.24, 2.45) is 5.73 Å². The average molecular weight is 325 g/mol. The number of rotatable bonds is 11. The number of nitrogens with one attached hydrogen (secondary N) is 1. The Balaban J connectivity index is 2.28. The van der Waals surface area contributed by atoms with E-state index in [1.165, 1.54) is 0 Å². The molecule has 0 aliphatic carbocycles. The molecule has 1 unspecified atom stereocenters. The first-order valence-electron chi connectivity index (χ1n) is 9.45. The Morgan fingerprint density at radius 1 is 1.13 bits per heavy atom. The van der Waals surface area contributed by atoms with Gasteiger partial charge in [0, 0.05) is 32.0 Å². The number of unbranched alkanes of at least 4 members (excludes halogenated alkanes) is 4. The van der Waals surface area contributed by atoms with Crippen LogP contribution in [0, 0.1) is 0 Å². The normalized spacial score (nSPS) is 18.0. The van der Waals surface area contributed by atoms with Crippen LogP contribution >= 0.6 is 0 Å². The summed E-state index contributed by atoms with van der Waals surface area (Å²) in [4.78, 5) is 26.4. The lowest BCUT2D eigenvalue weighted by molar-refractivity contribution is -0.136. The van der Waals surface area contributed by atoms with Crippen LogP contribution in [0.25, 0.3) is 0 Å². The van der Waals surface area contributed by atoms with E-state index in [9.17, 15) is 9.59 Å². The van der Waals surface area contributed by atoms with E-state index in [1.807, 2.05) is 4.90 Å². The number of likely N-dealkylation sites (tertiary alicyclic amines) is 1. The van der Waals surface area contributed by atoms with Crippen molar-refractivity contribution in [1.82, 2.24) is 10.2 Å². The van der Waals surface area contributed by atoms with E-state index in [2.05, 4.69) is 12.2 Å². The third kappa shape index (κ3) is 8.35. The molecule has 0 radical (unpaired) electrons. The zero-order chi connectivity index (χ0) is 16.9. The number of nitrogens with zero attached hydrogens (tertiary/aromatic N) is 1. The van der Waals surface area contributed by atoms with Gasteiger partial charge in [-0.05, 0) is 45.1 Å². The fraction of sp³-hybridized carbons (Fsp3) is 0.889. The standard InChI is InChI=1S/C18H35N3O2/c1-2-3-11-18(23)21-14-9-6-10-16(21)15-17(22)20-13-8-5-4-7-12-19/h16H,2-15,19H2,1H3,(H,20,22). The second-order valence-corrected chi connectivity index (χ2v) is 6.60. The predicted octanol–water partition coefficient (Wildman–Crippen LogP) is 2.58. The zero-order valence-corrected chi connectivity index (χ0v) is 14.8. The molecular weight excluding hydrogens is 290 g/mol. The van der Waals surface area contributed by atoms with Crippen molar-refractivity contribution < 1.29 is 9.59 Å². The van der Waals surface area contributed by atoms with E-state index in [0.717, 1.165) is 77.4 Å². The van der Waals surface area contributed by atoms with Crippen LogP contribution in [-0.2, 0) is 9.59 Å². The molecule has 23 heavy (non-hydrogen) atoms. The number of piperidine rings is 1. The first-order valence-corrected chi connectivity index (χ1v) is 9.45. The molecule has 2 amide bonds. The second-order valence-electron chi connectivity index (χ2n) is 6.60. The maximum absolute atomic E-state index is 12.3. The minimum Gasteiger partial charge on any atom is -0.356 e. The number of carbonyl (C=O) groups excluding carboxylic acids is 2. The van der Waals surface area contributed by atoms with E-state index < -0.39 is 0 Å². The summed E-state index contributed by atoms with van der Waals surface area (Å²) in [5.74, 6) is 0.315. The summed E-state index contributed by atoms with van der Waals surface area (Å²) in [5, 5.41) is 3.00. The average Bonchev–Trinajstić information content (AvgIpc) is 2.56. The van der Waals surface area contributed by atoms with Gasteiger partial charge in [-0.3, -0.25) is 9.59 Å². The summed E-state index contributed by atoms with van der Waals surface area (Å²) < 4.78 is 0. The molecule has 0 aromatic heterocycles. The summed E-state index contributed by atoms with van der Waals surface area (Å²) in [7, 11) is 0. The Morgan fingerprint density at radius 3 is 2.65 bits per heavy atom. The fourth-order valence-corrected chi connectivity index (χ4v) is 3.15. The SMILES string of the molecule is CCCCC(=O)N1CCCCC1CC(=O)NCCCCCCN. The summed E-state index contributed by atoms with van der Waals surface area (Å²) in [6.07, 6.45) is 10.5. The molecule has 3 N–H and O–H groups in total. The molecule has 5 heteroatoms. The Labute approximate surface area is 141 Å². The lowest BCUT2D eigenvalue weighted by Gasteiger charge is -2.35. The molecule has 1 aliphatic heterocycles. The van der Waals surface area contributed by atoms with E-state index in [-0.39, 0.29) is 17.9 Å². The molecule has 1 fully saturated rings. The molecule has 134 valence electrons. The Bertz CT molecular complexity index is 347. The highest BCUT2D eigenvalue weighted by molar-refractivity contribution is 5.80. The van der Waals surface area contributed by atoms with Gasteiger partial charge < -0.3 is 16.0 Å². The van der Waals surface area contributed by atoms with Gasteiger partial charge in [-0.1, -0.05) is 26.2 Å². The topological polar surface area (TPSA) is 75.4 Å². The van der Waals surface area contributed by atoms with Crippen LogP contribution in [0.1, 0.15) is 77.6 Å². The number of carbonyl (C=O) groups is 2. The van der Waals surface area contributed by atoms with E-state index in [0.29, 0.717) is 12.8 Å². The van der Waals surface area contributed by atoms with Gasteiger partial charge in [0.25, 0.3) is 0 Å². The first kappa shape index (κ1) is 19.9. The fourth-order valence-electron chi connectivity index (χ4n) is 3.15. The predicted molar refractivity (Wildman–Crippen MR) is 94.0 cm³/mol. The van der Waals surface area contributed by atoms with Crippen LogP contribution < -0.4 is 11.1 Å². The van der Waals surface area contributed by atoms with Gasteiger partial charge in [0.05, 0.1) is 0 Å². The van der Waals surface area contributed by atoms with Crippen LogP contribution in [0.2, 0.25) is 0 Å². The molecule has 1 atom stereocenters. The first-order chi connectivity index (χ1) is 11.2. The number of hydrogen-bond donors (Lipinski definition) is 2.